The number of hydrogen-bond acceptors (Lipinski definition) is 6. The maximum absolute atomic E-state index is 13.4. The Hall–Kier alpha value is -3.36. The van der Waals surface area contributed by atoms with E-state index in [4.69, 9.17) is 4.79 Å². The molecule has 1 amide bonds. The SMILES string of the molecule is CSc1ccc(NCC#Cc2cc3c(NC4CCN(C)CC4)cccc3n2CC(F)(F)F)cn1.NC=O. The second-order valence-corrected chi connectivity index (χ2v) is 9.40. The molecule has 7 nitrogen and oxygen atoms in total. The van der Waals surface area contributed by atoms with Gasteiger partial charge in [0.2, 0.25) is 6.41 Å². The molecule has 1 fully saturated rings. The van der Waals surface area contributed by atoms with Crippen molar-refractivity contribution >= 4 is 40.4 Å². The third kappa shape index (κ3) is 8.33. The molecular weight excluding hydrogens is 501 g/mol. The summed E-state index contributed by atoms with van der Waals surface area (Å²) in [7, 11) is 2.10. The van der Waals surface area contributed by atoms with Crippen LogP contribution in [-0.2, 0) is 11.3 Å². The summed E-state index contributed by atoms with van der Waals surface area (Å²) in [6, 6.07) is 11.3. The number of aromatic nitrogens is 2. The zero-order valence-electron chi connectivity index (χ0n) is 20.8. The zero-order valence-corrected chi connectivity index (χ0v) is 21.6. The Bertz CT molecular complexity index is 1230. The van der Waals surface area contributed by atoms with E-state index in [1.165, 1.54) is 4.57 Å². The Morgan fingerprint density at radius 2 is 1.97 bits per heavy atom. The lowest BCUT2D eigenvalue weighted by Gasteiger charge is -2.30. The summed E-state index contributed by atoms with van der Waals surface area (Å²) >= 11 is 1.55. The van der Waals surface area contributed by atoms with Crippen LogP contribution in [0.3, 0.4) is 0 Å². The molecule has 198 valence electrons. The first-order chi connectivity index (χ1) is 17.7. The minimum atomic E-state index is -4.34. The van der Waals surface area contributed by atoms with Gasteiger partial charge in [0.15, 0.2) is 0 Å². The van der Waals surface area contributed by atoms with Crippen LogP contribution in [0.4, 0.5) is 24.5 Å². The van der Waals surface area contributed by atoms with Gasteiger partial charge in [-0.3, -0.25) is 4.79 Å². The monoisotopic (exact) mass is 532 g/mol. The number of halogens is 3. The van der Waals surface area contributed by atoms with Gasteiger partial charge in [-0.1, -0.05) is 12.0 Å². The Balaban J connectivity index is 0.00000121. The number of pyridine rings is 1. The number of anilines is 2. The second-order valence-electron chi connectivity index (χ2n) is 8.57. The van der Waals surface area contributed by atoms with Crippen LogP contribution in [0.25, 0.3) is 10.9 Å². The van der Waals surface area contributed by atoms with Gasteiger partial charge in [0.1, 0.15) is 6.54 Å². The normalized spacial score (nSPS) is 14.3. The number of hydrogen-bond donors (Lipinski definition) is 3. The largest absolute Gasteiger partial charge is 0.406 e. The van der Waals surface area contributed by atoms with Crippen molar-refractivity contribution in [1.82, 2.24) is 14.5 Å². The Labute approximate surface area is 219 Å². The van der Waals surface area contributed by atoms with E-state index in [1.54, 1.807) is 36.2 Å². The van der Waals surface area contributed by atoms with E-state index in [9.17, 15) is 13.2 Å². The van der Waals surface area contributed by atoms with Crippen molar-refractivity contribution in [2.75, 3.05) is 43.6 Å². The quantitative estimate of drug-likeness (QED) is 0.248. The number of alkyl halides is 3. The molecule has 11 heteroatoms. The topological polar surface area (TPSA) is 88.2 Å². The van der Waals surface area contributed by atoms with Gasteiger partial charge in [0.25, 0.3) is 0 Å². The fourth-order valence-corrected chi connectivity index (χ4v) is 4.49. The van der Waals surface area contributed by atoms with Crippen molar-refractivity contribution in [3.63, 3.8) is 0 Å². The summed E-state index contributed by atoms with van der Waals surface area (Å²) in [6.45, 7) is 1.23. The molecule has 0 atom stereocenters. The van der Waals surface area contributed by atoms with Gasteiger partial charge in [-0.25, -0.2) is 4.98 Å². The van der Waals surface area contributed by atoms with Gasteiger partial charge in [-0.05, 0) is 75.5 Å². The number of nitrogens with zero attached hydrogens (tertiary/aromatic N) is 3. The molecule has 1 aliphatic heterocycles. The minimum Gasteiger partial charge on any atom is -0.382 e. The number of nitrogens with one attached hydrogen (secondary N) is 2. The first-order valence-corrected chi connectivity index (χ1v) is 13.0. The highest BCUT2D eigenvalue weighted by molar-refractivity contribution is 7.98. The Morgan fingerprint density at radius 1 is 1.24 bits per heavy atom. The van der Waals surface area contributed by atoms with Crippen molar-refractivity contribution in [2.24, 2.45) is 5.73 Å². The molecule has 0 unspecified atom stereocenters. The average Bonchev–Trinajstić information content (AvgIpc) is 3.21. The second kappa shape index (κ2) is 13.3. The lowest BCUT2D eigenvalue weighted by Crippen LogP contribution is -2.36. The zero-order chi connectivity index (χ0) is 26.8. The van der Waals surface area contributed by atoms with Gasteiger partial charge >= 0.3 is 6.18 Å². The molecule has 3 heterocycles. The number of amides is 1. The number of carbonyl (C=O) groups excluding carboxylic acids is 1. The fraction of sp³-hybridized carbons (Fsp3) is 0.385. The summed E-state index contributed by atoms with van der Waals surface area (Å²) in [6.07, 6.45) is 1.58. The van der Waals surface area contributed by atoms with Gasteiger partial charge in [-0.2, -0.15) is 13.2 Å². The van der Waals surface area contributed by atoms with Crippen molar-refractivity contribution in [3.8, 4) is 11.8 Å². The molecule has 2 aromatic heterocycles. The average molecular weight is 533 g/mol. The van der Waals surface area contributed by atoms with E-state index in [0.29, 0.717) is 23.8 Å². The summed E-state index contributed by atoms with van der Waals surface area (Å²) in [5.41, 5.74) is 6.72. The number of likely N-dealkylation sites (tertiary alicyclic amines) is 1. The molecule has 0 spiro atoms. The van der Waals surface area contributed by atoms with Crippen LogP contribution in [0, 0.1) is 11.8 Å². The number of benzene rings is 1. The predicted molar refractivity (Wildman–Crippen MR) is 144 cm³/mol. The molecule has 4 N–H and O–H groups in total. The number of carbonyl (C=O) groups is 1. The minimum absolute atomic E-state index is 0.250. The standard InChI is InChI=1S/C25H28F3N5S.CH3NO/c1-32-13-10-18(11-14-32)31-22-6-3-7-23-21(22)15-20(33(23)17-25(26,27)28)5-4-12-29-19-8-9-24(34-2)30-16-19;2-1-3/h3,6-9,15-16,18,29,31H,10-14,17H2,1-2H3;1H,(H2,2,3). The first kappa shape index (κ1) is 28.2. The number of fused-ring (bicyclic) bond motifs is 1. The molecule has 4 rings (SSSR count). The number of primary amides is 1. The van der Waals surface area contributed by atoms with E-state index in [-0.39, 0.29) is 6.41 Å². The van der Waals surface area contributed by atoms with Crippen molar-refractivity contribution in [1.29, 1.82) is 0 Å². The molecule has 3 aromatic rings. The molecule has 0 bridgehead atoms. The summed E-state index contributed by atoms with van der Waals surface area (Å²) in [5, 5.41) is 8.38. The molecule has 1 aliphatic rings. The van der Waals surface area contributed by atoms with Crippen LogP contribution < -0.4 is 16.4 Å². The van der Waals surface area contributed by atoms with Crippen molar-refractivity contribution < 1.29 is 18.0 Å². The van der Waals surface area contributed by atoms with E-state index < -0.39 is 12.7 Å². The maximum atomic E-state index is 13.4. The molecule has 0 radical (unpaired) electrons. The number of thioether (sulfide) groups is 1. The summed E-state index contributed by atoms with van der Waals surface area (Å²) in [4.78, 5) is 15.2. The number of nitrogens with two attached hydrogens (primary N) is 1. The van der Waals surface area contributed by atoms with Gasteiger partial charge in [0, 0.05) is 17.1 Å². The fourth-order valence-electron chi connectivity index (χ4n) is 4.12. The van der Waals surface area contributed by atoms with Crippen molar-refractivity contribution in [3.05, 3.63) is 48.3 Å². The van der Waals surface area contributed by atoms with Crippen LogP contribution in [0.5, 0.6) is 0 Å². The molecular formula is C26H31F3N6OS. The maximum Gasteiger partial charge on any atom is 0.406 e. The highest BCUT2D eigenvalue weighted by atomic mass is 32.2. The number of rotatable bonds is 6. The van der Waals surface area contributed by atoms with Crippen molar-refractivity contribution in [2.45, 2.75) is 36.6 Å². The third-order valence-electron chi connectivity index (χ3n) is 5.90. The third-order valence-corrected chi connectivity index (χ3v) is 6.56. The van der Waals surface area contributed by atoms with Gasteiger partial charge in [0.05, 0.1) is 34.7 Å². The van der Waals surface area contributed by atoms with Gasteiger partial charge < -0.3 is 25.8 Å². The molecule has 0 aliphatic carbocycles. The lowest BCUT2D eigenvalue weighted by atomic mass is 10.0. The Kier molecular flexibility index (Phi) is 10.1. The van der Waals surface area contributed by atoms with Crippen LogP contribution in [0.1, 0.15) is 18.5 Å². The van der Waals surface area contributed by atoms with E-state index in [1.807, 2.05) is 24.5 Å². The van der Waals surface area contributed by atoms with E-state index in [0.717, 1.165) is 47.7 Å². The number of piperidine rings is 1. The van der Waals surface area contributed by atoms with E-state index in [2.05, 4.69) is 45.1 Å². The van der Waals surface area contributed by atoms with Crippen LogP contribution in [-0.4, -0.2) is 66.0 Å². The smallest absolute Gasteiger partial charge is 0.382 e. The highest BCUT2D eigenvalue weighted by Crippen LogP contribution is 2.31. The summed E-state index contributed by atoms with van der Waals surface area (Å²) < 4.78 is 41.5. The highest BCUT2D eigenvalue weighted by Gasteiger charge is 2.30. The molecule has 0 saturated carbocycles. The first-order valence-electron chi connectivity index (χ1n) is 11.8. The molecule has 1 saturated heterocycles. The van der Waals surface area contributed by atoms with Crippen LogP contribution >= 0.6 is 11.8 Å². The van der Waals surface area contributed by atoms with E-state index >= 15 is 0 Å². The summed E-state index contributed by atoms with van der Waals surface area (Å²) in [5.74, 6) is 5.91. The predicted octanol–water partition coefficient (Wildman–Crippen LogP) is 4.39. The molecule has 37 heavy (non-hydrogen) atoms. The lowest BCUT2D eigenvalue weighted by molar-refractivity contribution is -0.140. The van der Waals surface area contributed by atoms with Crippen LogP contribution in [0.15, 0.2) is 47.6 Å². The molecule has 1 aromatic carbocycles. The van der Waals surface area contributed by atoms with Crippen LogP contribution in [0.2, 0.25) is 0 Å². The Morgan fingerprint density at radius 3 is 2.59 bits per heavy atom. The van der Waals surface area contributed by atoms with Gasteiger partial charge in [-0.15, -0.1) is 11.8 Å².